The van der Waals surface area contributed by atoms with E-state index in [4.69, 9.17) is 25.6 Å². The third-order valence-electron chi connectivity index (χ3n) is 13.3. The number of hydrogen-bond acceptors (Lipinski definition) is 9. The number of ether oxygens (including phenoxy) is 1. The Morgan fingerprint density at radius 1 is 0.826 bits per heavy atom. The molecule has 2 unspecified atom stereocenters. The number of nitrogens with zero attached hydrogens (tertiary/aromatic N) is 4. The first-order chi connectivity index (χ1) is 32.9. The van der Waals surface area contributed by atoms with Gasteiger partial charge in [-0.25, -0.2) is 8.78 Å². The topological polar surface area (TPSA) is 147 Å². The number of likely N-dealkylation sites (tertiary alicyclic amines) is 2. The summed E-state index contributed by atoms with van der Waals surface area (Å²) < 4.78 is 45.7. The standard InChI is InChI=1S/C22H22FN3O2.C21H21ClFNO3.C10H16BNO2/c1-2-14-9-15(7-8-18(14)16-11-24-25-12-16)22(28)26-13-17(27)10-21(26)19-5-3-4-6-20(19)23;1-3-14-10-15(8-9-18(14)22)21(26)24-12-16(27-13(2)25)11-20(24)17-6-4-5-7-19(17)23;1-9(2)10(3,4)14-11(13-9)8-5-6-12-7-8/h3-9,11-12,17,21,27H,2,10,13H2,1H3,(H,24,25);4-10,16,20H,3,11-12H2,1-2H3;5,7H,6H2,1-4H3/t17?,21-;16?,20-;/m11./s1. The molecule has 5 aromatic rings. The molecule has 0 bridgehead atoms. The highest BCUT2D eigenvalue weighted by Gasteiger charge is 2.52. The number of aliphatic hydroxyl groups excluding tert-OH is 1. The zero-order valence-corrected chi connectivity index (χ0v) is 40.8. The van der Waals surface area contributed by atoms with Crippen molar-refractivity contribution in [3.63, 3.8) is 0 Å². The second-order valence-electron chi connectivity index (χ2n) is 18.5. The first-order valence-corrected chi connectivity index (χ1v) is 23.7. The second-order valence-corrected chi connectivity index (χ2v) is 18.9. The lowest BCUT2D eigenvalue weighted by Gasteiger charge is -2.32. The molecule has 4 atom stereocenters. The normalized spacial score (nSPS) is 21.0. The Labute approximate surface area is 407 Å². The van der Waals surface area contributed by atoms with E-state index in [-0.39, 0.29) is 54.9 Å². The molecule has 3 fully saturated rings. The van der Waals surface area contributed by atoms with Gasteiger partial charge in [-0.3, -0.25) is 24.5 Å². The Morgan fingerprint density at radius 3 is 1.93 bits per heavy atom. The molecule has 2 amide bonds. The van der Waals surface area contributed by atoms with E-state index >= 15 is 0 Å². The first-order valence-electron chi connectivity index (χ1n) is 23.3. The molecule has 362 valence electrons. The number of aryl methyl sites for hydroxylation is 2. The number of hydrogen-bond donors (Lipinski definition) is 2. The monoisotopic (exact) mass is 961 g/mol. The van der Waals surface area contributed by atoms with Gasteiger partial charge in [-0.05, 0) is 112 Å². The van der Waals surface area contributed by atoms with Gasteiger partial charge >= 0.3 is 13.1 Å². The summed E-state index contributed by atoms with van der Waals surface area (Å²) in [5.74, 6) is -1.58. The van der Waals surface area contributed by atoms with E-state index < -0.39 is 30.3 Å². The molecule has 1 aromatic heterocycles. The van der Waals surface area contributed by atoms with E-state index in [1.807, 2.05) is 44.5 Å². The molecule has 3 saturated heterocycles. The summed E-state index contributed by atoms with van der Waals surface area (Å²) in [7, 11) is -0.244. The molecule has 4 aromatic carbocycles. The van der Waals surface area contributed by atoms with Crippen LogP contribution in [0.3, 0.4) is 0 Å². The molecule has 0 radical (unpaired) electrons. The van der Waals surface area contributed by atoms with Crippen LogP contribution in [0, 0.1) is 11.6 Å². The largest absolute Gasteiger partial charge is 0.496 e. The van der Waals surface area contributed by atoms with E-state index in [2.05, 4.69) is 42.9 Å². The Bertz CT molecular complexity index is 2700. The van der Waals surface area contributed by atoms with Crippen molar-refractivity contribution in [2.24, 2.45) is 4.99 Å². The van der Waals surface area contributed by atoms with Gasteiger partial charge in [0.25, 0.3) is 11.8 Å². The SMILES string of the molecule is CC1(C)OB(C2=CCN=C2)OC1(C)C.CCc1cc(C(=O)N2CC(O)C[C@@H]2c2ccccc2F)ccc1-c1cn[nH]c1.CCc1cc(C(=O)N2CC(OC(C)=O)C[C@@H]2c2ccccc2F)ccc1Cl. The third kappa shape index (κ3) is 11.6. The number of carbonyl (C=O) groups is 3. The molecule has 69 heavy (non-hydrogen) atoms. The van der Waals surface area contributed by atoms with Crippen LogP contribution in [-0.2, 0) is 31.7 Å². The number of esters is 1. The van der Waals surface area contributed by atoms with Gasteiger partial charge in [0, 0.05) is 65.1 Å². The predicted octanol–water partition coefficient (Wildman–Crippen LogP) is 9.92. The fourth-order valence-electron chi connectivity index (χ4n) is 8.98. The minimum absolute atomic E-state index is 0.196. The zero-order valence-electron chi connectivity index (χ0n) is 40.0. The minimum Gasteiger partial charge on any atom is -0.461 e. The number of H-pyrrole nitrogens is 1. The summed E-state index contributed by atoms with van der Waals surface area (Å²) in [4.78, 5) is 45.0. The minimum atomic E-state index is -0.663. The maximum absolute atomic E-state index is 14.4. The Kier molecular flexibility index (Phi) is 16.0. The number of nitrogens with one attached hydrogen (secondary N) is 1. The highest BCUT2D eigenvalue weighted by Crippen LogP contribution is 2.40. The lowest BCUT2D eigenvalue weighted by Crippen LogP contribution is -2.41. The average molecular weight is 962 g/mol. The van der Waals surface area contributed by atoms with E-state index in [1.165, 1.54) is 19.1 Å². The van der Waals surface area contributed by atoms with Crippen LogP contribution in [0.1, 0.15) is 116 Å². The van der Waals surface area contributed by atoms with Crippen LogP contribution in [-0.4, -0.2) is 99.3 Å². The number of rotatable bonds is 9. The lowest BCUT2D eigenvalue weighted by atomic mass is 9.79. The number of aliphatic hydroxyl groups is 1. The van der Waals surface area contributed by atoms with Crippen LogP contribution < -0.4 is 0 Å². The fourth-order valence-corrected chi connectivity index (χ4v) is 9.23. The van der Waals surface area contributed by atoms with Crippen molar-refractivity contribution in [3.8, 4) is 11.1 Å². The molecule has 0 spiro atoms. The number of carbonyl (C=O) groups excluding carboxylic acids is 3. The predicted molar refractivity (Wildman–Crippen MR) is 263 cm³/mol. The van der Waals surface area contributed by atoms with Crippen molar-refractivity contribution in [2.45, 2.75) is 110 Å². The summed E-state index contributed by atoms with van der Waals surface area (Å²) in [6, 6.07) is 22.6. The van der Waals surface area contributed by atoms with Crippen LogP contribution >= 0.6 is 11.6 Å². The van der Waals surface area contributed by atoms with Crippen LogP contribution in [0.15, 0.2) is 114 Å². The first kappa shape index (κ1) is 50.9. The zero-order chi connectivity index (χ0) is 49.6. The van der Waals surface area contributed by atoms with Crippen LogP contribution in [0.2, 0.25) is 5.02 Å². The number of halogens is 3. The number of amides is 2. The van der Waals surface area contributed by atoms with Gasteiger partial charge in [-0.15, -0.1) is 0 Å². The van der Waals surface area contributed by atoms with Gasteiger partial charge in [0.05, 0.1) is 48.7 Å². The molecule has 4 aliphatic rings. The van der Waals surface area contributed by atoms with Gasteiger partial charge in [0.15, 0.2) is 0 Å². The fraction of sp³-hybridized carbons (Fsp3) is 0.377. The van der Waals surface area contributed by atoms with Crippen molar-refractivity contribution >= 4 is 42.7 Å². The average Bonchev–Trinajstić information content (AvgIpc) is 4.19. The number of aliphatic imine (C=N–C) groups is 1. The molecule has 4 aliphatic heterocycles. The van der Waals surface area contributed by atoms with Crippen molar-refractivity contribution < 1.29 is 42.3 Å². The summed E-state index contributed by atoms with van der Waals surface area (Å²) >= 11 is 6.15. The van der Waals surface area contributed by atoms with Gasteiger partial charge in [0.2, 0.25) is 0 Å². The maximum atomic E-state index is 14.4. The summed E-state index contributed by atoms with van der Waals surface area (Å²) in [5.41, 5.74) is 6.34. The molecule has 0 aliphatic carbocycles. The molecule has 0 saturated carbocycles. The Balaban J connectivity index is 0.000000161. The van der Waals surface area contributed by atoms with Crippen LogP contribution in [0.5, 0.6) is 0 Å². The molecule has 16 heteroatoms. The second kappa shape index (κ2) is 21.7. The molecule has 12 nitrogen and oxygen atoms in total. The van der Waals surface area contributed by atoms with E-state index in [1.54, 1.807) is 76.7 Å². The number of allylic oxidation sites excluding steroid dienone is 1. The van der Waals surface area contributed by atoms with Crippen LogP contribution in [0.4, 0.5) is 8.78 Å². The van der Waals surface area contributed by atoms with Crippen LogP contribution in [0.25, 0.3) is 11.1 Å². The molecular weight excluding hydrogens is 903 g/mol. The molecule has 9 rings (SSSR count). The van der Waals surface area contributed by atoms with Crippen molar-refractivity contribution in [1.82, 2.24) is 20.0 Å². The number of β-amino-alcohol motifs (C(OH)–C–C–N with tert-alkyl or cyclic N) is 1. The van der Waals surface area contributed by atoms with Crippen molar-refractivity contribution in [2.75, 3.05) is 19.6 Å². The molecular formula is C53H59BClF2N5O7. The van der Waals surface area contributed by atoms with E-state index in [9.17, 15) is 28.3 Å². The maximum Gasteiger partial charge on any atom is 0.496 e. The Morgan fingerprint density at radius 2 is 1.39 bits per heavy atom. The van der Waals surface area contributed by atoms with Crippen molar-refractivity contribution in [1.29, 1.82) is 0 Å². The molecule has 5 heterocycles. The highest BCUT2D eigenvalue weighted by molar-refractivity contribution is 6.60. The van der Waals surface area contributed by atoms with Gasteiger partial charge in [-0.1, -0.05) is 74.0 Å². The summed E-state index contributed by atoms with van der Waals surface area (Å²) in [6.45, 7) is 14.7. The van der Waals surface area contributed by atoms with Gasteiger partial charge in [-0.2, -0.15) is 5.10 Å². The quantitative estimate of drug-likeness (QED) is 0.110. The Hall–Kier alpha value is -6.00. The number of aromatic nitrogens is 2. The number of benzene rings is 4. The van der Waals surface area contributed by atoms with Crippen molar-refractivity contribution in [3.05, 3.63) is 159 Å². The summed E-state index contributed by atoms with van der Waals surface area (Å²) in [6.07, 6.45) is 8.49. The number of aromatic amines is 1. The van der Waals surface area contributed by atoms with Gasteiger partial charge < -0.3 is 29.0 Å². The van der Waals surface area contributed by atoms with Gasteiger partial charge in [0.1, 0.15) is 17.7 Å². The summed E-state index contributed by atoms with van der Waals surface area (Å²) in [5, 5.41) is 17.6. The van der Waals surface area contributed by atoms with E-state index in [0.29, 0.717) is 46.5 Å². The highest BCUT2D eigenvalue weighted by atomic mass is 35.5. The van der Waals surface area contributed by atoms with E-state index in [0.717, 1.165) is 40.7 Å². The lowest BCUT2D eigenvalue weighted by molar-refractivity contribution is -0.145. The smallest absolute Gasteiger partial charge is 0.461 e. The molecule has 2 N–H and O–H groups in total. The third-order valence-corrected chi connectivity index (χ3v) is 13.7.